The number of tetrazole rings is 1. The van der Waals surface area contributed by atoms with E-state index in [2.05, 4.69) is 91.0 Å². The number of benzene rings is 2. The van der Waals surface area contributed by atoms with Crippen LogP contribution in [0.3, 0.4) is 0 Å². The topological polar surface area (TPSA) is 63.0 Å². The number of hydrogen-bond acceptors (Lipinski definition) is 6. The molecule has 5 rings (SSSR count). The molecule has 162 valence electrons. The summed E-state index contributed by atoms with van der Waals surface area (Å²) in [6, 6.07) is 27.1. The predicted octanol–water partition coefficient (Wildman–Crippen LogP) is 3.22. The molecule has 1 fully saturated rings. The Balaban J connectivity index is 1.37. The van der Waals surface area contributed by atoms with Gasteiger partial charge in [-0.1, -0.05) is 54.6 Å². The lowest BCUT2D eigenvalue weighted by Crippen LogP contribution is -2.48. The quantitative estimate of drug-likeness (QED) is 0.453. The molecule has 0 unspecified atom stereocenters. The normalized spacial score (nSPS) is 15.6. The van der Waals surface area contributed by atoms with Gasteiger partial charge in [-0.15, -0.1) is 5.10 Å². The number of para-hydroxylation sites is 1. The Hall–Kier alpha value is -3.58. The van der Waals surface area contributed by atoms with Gasteiger partial charge in [-0.25, -0.2) is 4.68 Å². The molecule has 1 atom stereocenters. The lowest BCUT2D eigenvalue weighted by molar-refractivity contribution is 0.197. The van der Waals surface area contributed by atoms with Gasteiger partial charge in [-0.3, -0.25) is 9.88 Å². The Bertz CT molecular complexity index is 1090. The van der Waals surface area contributed by atoms with Crippen LogP contribution < -0.4 is 4.90 Å². The summed E-state index contributed by atoms with van der Waals surface area (Å²) in [6.07, 6.45) is 2.73. The minimum Gasteiger partial charge on any atom is -0.369 e. The van der Waals surface area contributed by atoms with Crippen molar-refractivity contribution in [2.75, 3.05) is 31.1 Å². The number of piperazine rings is 1. The van der Waals surface area contributed by atoms with E-state index in [1.54, 1.807) is 0 Å². The van der Waals surface area contributed by atoms with Crippen molar-refractivity contribution in [1.82, 2.24) is 30.1 Å². The first kappa shape index (κ1) is 20.3. The summed E-state index contributed by atoms with van der Waals surface area (Å²) in [4.78, 5) is 9.57. The molecular formula is C25H27N7. The van der Waals surface area contributed by atoms with E-state index in [-0.39, 0.29) is 6.04 Å². The van der Waals surface area contributed by atoms with Gasteiger partial charge in [0.05, 0.1) is 5.69 Å². The molecule has 1 saturated heterocycles. The lowest BCUT2D eigenvalue weighted by atomic mass is 10.1. The number of aryl methyl sites for hydroxylation is 2. The molecule has 0 spiro atoms. The average molecular weight is 426 g/mol. The van der Waals surface area contributed by atoms with Gasteiger partial charge in [0, 0.05) is 44.6 Å². The summed E-state index contributed by atoms with van der Waals surface area (Å²) in [7, 11) is 0. The molecule has 7 heteroatoms. The lowest BCUT2D eigenvalue weighted by Gasteiger charge is -2.39. The van der Waals surface area contributed by atoms with Crippen LogP contribution in [0.2, 0.25) is 0 Å². The molecule has 2 aromatic carbocycles. The molecule has 32 heavy (non-hydrogen) atoms. The van der Waals surface area contributed by atoms with Gasteiger partial charge in [-0.2, -0.15) is 0 Å². The van der Waals surface area contributed by atoms with Crippen LogP contribution in [0.4, 0.5) is 5.69 Å². The average Bonchev–Trinajstić information content (AvgIpc) is 3.33. The Kier molecular flexibility index (Phi) is 6.16. The van der Waals surface area contributed by atoms with Gasteiger partial charge in [0.25, 0.3) is 0 Å². The highest BCUT2D eigenvalue weighted by Gasteiger charge is 2.31. The van der Waals surface area contributed by atoms with Crippen molar-refractivity contribution in [3.63, 3.8) is 0 Å². The number of nitrogens with zero attached hydrogens (tertiary/aromatic N) is 7. The van der Waals surface area contributed by atoms with Gasteiger partial charge >= 0.3 is 0 Å². The first-order valence-corrected chi connectivity index (χ1v) is 11.1. The smallest absolute Gasteiger partial charge is 0.174 e. The van der Waals surface area contributed by atoms with Crippen LogP contribution in [0.5, 0.6) is 0 Å². The molecule has 0 saturated carbocycles. The molecule has 0 amide bonds. The molecular weight excluding hydrogens is 398 g/mol. The highest BCUT2D eigenvalue weighted by molar-refractivity contribution is 5.46. The van der Waals surface area contributed by atoms with Crippen molar-refractivity contribution in [2.45, 2.75) is 19.0 Å². The summed E-state index contributed by atoms with van der Waals surface area (Å²) < 4.78 is 1.94. The summed E-state index contributed by atoms with van der Waals surface area (Å²) in [5, 5.41) is 12.8. The second kappa shape index (κ2) is 9.70. The molecule has 1 aliphatic rings. The number of rotatable bonds is 7. The van der Waals surface area contributed by atoms with Gasteiger partial charge in [-0.05, 0) is 46.7 Å². The van der Waals surface area contributed by atoms with E-state index in [4.69, 9.17) is 0 Å². The van der Waals surface area contributed by atoms with Crippen LogP contribution >= 0.6 is 0 Å². The van der Waals surface area contributed by atoms with E-state index in [0.29, 0.717) is 0 Å². The molecule has 2 aromatic heterocycles. The van der Waals surface area contributed by atoms with Crippen LogP contribution in [-0.4, -0.2) is 56.3 Å². The van der Waals surface area contributed by atoms with Crippen molar-refractivity contribution in [3.05, 3.63) is 102 Å². The zero-order chi connectivity index (χ0) is 21.6. The fourth-order valence-corrected chi connectivity index (χ4v) is 4.34. The zero-order valence-electron chi connectivity index (χ0n) is 18.0. The SMILES string of the molecule is c1ccc(CCn2nnnc2[C@H](c2ccccn2)N2CCN(c3ccccc3)CC2)cc1. The predicted molar refractivity (Wildman–Crippen MR) is 124 cm³/mol. The van der Waals surface area contributed by atoms with E-state index in [0.717, 1.165) is 50.7 Å². The first-order valence-electron chi connectivity index (χ1n) is 11.1. The second-order valence-corrected chi connectivity index (χ2v) is 8.01. The molecule has 1 aliphatic heterocycles. The Morgan fingerprint density at radius 2 is 1.50 bits per heavy atom. The molecule has 0 aliphatic carbocycles. The molecule has 0 radical (unpaired) electrons. The number of aromatic nitrogens is 5. The third-order valence-corrected chi connectivity index (χ3v) is 6.03. The Labute approximate surface area is 188 Å². The van der Waals surface area contributed by atoms with Crippen molar-refractivity contribution in [1.29, 1.82) is 0 Å². The monoisotopic (exact) mass is 425 g/mol. The third-order valence-electron chi connectivity index (χ3n) is 6.03. The summed E-state index contributed by atoms with van der Waals surface area (Å²) >= 11 is 0. The van der Waals surface area contributed by atoms with E-state index in [9.17, 15) is 0 Å². The zero-order valence-corrected chi connectivity index (χ0v) is 18.0. The van der Waals surface area contributed by atoms with Gasteiger partial charge in [0.15, 0.2) is 5.82 Å². The highest BCUT2D eigenvalue weighted by atomic mass is 15.6. The van der Waals surface area contributed by atoms with Crippen molar-refractivity contribution < 1.29 is 0 Å². The van der Waals surface area contributed by atoms with Crippen LogP contribution in [0, 0.1) is 0 Å². The Morgan fingerprint density at radius 1 is 0.781 bits per heavy atom. The maximum atomic E-state index is 4.68. The van der Waals surface area contributed by atoms with Crippen LogP contribution in [0.15, 0.2) is 85.1 Å². The van der Waals surface area contributed by atoms with Gasteiger partial charge in [0.2, 0.25) is 0 Å². The van der Waals surface area contributed by atoms with Crippen LogP contribution in [0.1, 0.15) is 23.1 Å². The van der Waals surface area contributed by atoms with Gasteiger partial charge in [0.1, 0.15) is 6.04 Å². The fraction of sp³-hybridized carbons (Fsp3) is 0.280. The maximum absolute atomic E-state index is 4.68. The summed E-state index contributed by atoms with van der Waals surface area (Å²) in [5.41, 5.74) is 3.53. The molecule has 3 heterocycles. The largest absolute Gasteiger partial charge is 0.369 e. The number of pyridine rings is 1. The van der Waals surface area contributed by atoms with Crippen molar-refractivity contribution >= 4 is 5.69 Å². The fourth-order valence-electron chi connectivity index (χ4n) is 4.34. The van der Waals surface area contributed by atoms with Crippen molar-refractivity contribution in [2.24, 2.45) is 0 Å². The molecule has 0 bridgehead atoms. The summed E-state index contributed by atoms with van der Waals surface area (Å²) in [5.74, 6) is 0.854. The van der Waals surface area contributed by atoms with E-state index in [1.807, 2.05) is 29.1 Å². The first-order chi connectivity index (χ1) is 15.9. The summed E-state index contributed by atoms with van der Waals surface area (Å²) in [6.45, 7) is 4.49. The second-order valence-electron chi connectivity index (χ2n) is 8.01. The van der Waals surface area contributed by atoms with Crippen LogP contribution in [0.25, 0.3) is 0 Å². The maximum Gasteiger partial charge on any atom is 0.174 e. The van der Waals surface area contributed by atoms with Crippen molar-refractivity contribution in [3.8, 4) is 0 Å². The third kappa shape index (κ3) is 4.53. The van der Waals surface area contributed by atoms with E-state index >= 15 is 0 Å². The Morgan fingerprint density at radius 3 is 2.22 bits per heavy atom. The number of hydrogen-bond donors (Lipinski definition) is 0. The van der Waals surface area contributed by atoms with E-state index in [1.165, 1.54) is 11.3 Å². The molecule has 7 nitrogen and oxygen atoms in total. The minimum absolute atomic E-state index is 0.0695. The molecule has 4 aromatic rings. The van der Waals surface area contributed by atoms with Crippen LogP contribution in [-0.2, 0) is 13.0 Å². The molecule has 0 N–H and O–H groups in total. The standard InChI is InChI=1S/C25H27N7/c1-3-9-21(10-4-1)14-16-32-25(27-28-29-32)24(23-13-7-8-15-26-23)31-19-17-30(18-20-31)22-11-5-2-6-12-22/h1-13,15,24H,14,16-20H2/t24-/m0/s1. The highest BCUT2D eigenvalue weighted by Crippen LogP contribution is 2.28. The van der Waals surface area contributed by atoms with E-state index < -0.39 is 0 Å². The number of anilines is 1. The van der Waals surface area contributed by atoms with Gasteiger partial charge < -0.3 is 4.90 Å². The minimum atomic E-state index is -0.0695.